The van der Waals surface area contributed by atoms with E-state index in [1.165, 1.54) is 18.9 Å². The summed E-state index contributed by atoms with van der Waals surface area (Å²) in [4.78, 5) is 10.8. The molecule has 0 saturated carbocycles. The molecule has 0 aliphatic rings. The van der Waals surface area contributed by atoms with Crippen LogP contribution in [0.3, 0.4) is 0 Å². The average molecular weight is 264 g/mol. The zero-order chi connectivity index (χ0) is 13.8. The fourth-order valence-electron chi connectivity index (χ4n) is 1.62. The second kappa shape index (κ2) is 5.34. The van der Waals surface area contributed by atoms with E-state index in [9.17, 15) is 4.79 Å². The minimum atomic E-state index is -1.03. The van der Waals surface area contributed by atoms with Crippen molar-refractivity contribution >= 4 is 5.97 Å². The Labute approximate surface area is 108 Å². The third-order valence-corrected chi connectivity index (χ3v) is 2.46. The summed E-state index contributed by atoms with van der Waals surface area (Å²) < 4.78 is 11.5. The van der Waals surface area contributed by atoms with Gasteiger partial charge < -0.3 is 14.6 Å². The number of benzene rings is 1. The highest BCUT2D eigenvalue weighted by Crippen LogP contribution is 2.31. The lowest BCUT2D eigenvalue weighted by Crippen LogP contribution is -2.12. The molecule has 0 amide bonds. The lowest BCUT2D eigenvalue weighted by molar-refractivity contribution is -0.137. The molecule has 0 aliphatic carbocycles. The van der Waals surface area contributed by atoms with Gasteiger partial charge in [-0.25, -0.2) is 4.68 Å². The second-order valence-corrected chi connectivity index (χ2v) is 3.62. The van der Waals surface area contributed by atoms with E-state index < -0.39 is 5.97 Å². The summed E-state index contributed by atoms with van der Waals surface area (Å²) in [5.74, 6) is 0.400. The zero-order valence-electron chi connectivity index (χ0n) is 10.4. The highest BCUT2D eigenvalue weighted by Gasteiger charge is 2.16. The maximum atomic E-state index is 10.8. The number of methoxy groups -OCH3 is 2. The number of rotatable bonds is 5. The van der Waals surface area contributed by atoms with Crippen molar-refractivity contribution in [1.82, 2.24) is 20.2 Å². The van der Waals surface area contributed by atoms with Crippen LogP contribution in [0.5, 0.6) is 11.5 Å². The number of hydrogen-bond donors (Lipinski definition) is 1. The van der Waals surface area contributed by atoms with E-state index in [0.29, 0.717) is 22.9 Å². The summed E-state index contributed by atoms with van der Waals surface area (Å²) in [6.45, 7) is -0.331. The van der Waals surface area contributed by atoms with Crippen LogP contribution in [0.4, 0.5) is 0 Å². The first kappa shape index (κ1) is 12.8. The van der Waals surface area contributed by atoms with Crippen molar-refractivity contribution in [3.63, 3.8) is 0 Å². The molecule has 0 aliphatic heterocycles. The predicted molar refractivity (Wildman–Crippen MR) is 64.0 cm³/mol. The Morgan fingerprint density at radius 3 is 2.79 bits per heavy atom. The van der Waals surface area contributed by atoms with Crippen molar-refractivity contribution in [2.75, 3.05) is 14.2 Å². The highest BCUT2D eigenvalue weighted by molar-refractivity contribution is 5.70. The number of aliphatic carboxylic acids is 1. The summed E-state index contributed by atoms with van der Waals surface area (Å²) in [6.07, 6.45) is 0. The monoisotopic (exact) mass is 264 g/mol. The lowest BCUT2D eigenvalue weighted by atomic mass is 10.1. The summed E-state index contributed by atoms with van der Waals surface area (Å²) in [7, 11) is 3.04. The molecule has 0 radical (unpaired) electrons. The topological polar surface area (TPSA) is 99.4 Å². The number of carbonyl (C=O) groups is 1. The van der Waals surface area contributed by atoms with Crippen molar-refractivity contribution in [3.8, 4) is 22.9 Å². The van der Waals surface area contributed by atoms with E-state index in [-0.39, 0.29) is 6.54 Å². The number of tetrazole rings is 1. The molecular formula is C11H12N4O4. The van der Waals surface area contributed by atoms with Crippen LogP contribution in [0.15, 0.2) is 18.2 Å². The standard InChI is InChI=1S/C11H12N4O4/c1-18-7-3-4-9(19-2)8(5-7)11-12-13-14-15(11)6-10(16)17/h3-5H,6H2,1-2H3,(H,16,17). The fraction of sp³-hybridized carbons (Fsp3) is 0.273. The molecule has 0 spiro atoms. The Morgan fingerprint density at radius 1 is 1.37 bits per heavy atom. The zero-order valence-corrected chi connectivity index (χ0v) is 10.4. The first-order chi connectivity index (χ1) is 9.15. The van der Waals surface area contributed by atoms with Gasteiger partial charge >= 0.3 is 5.97 Å². The molecule has 8 nitrogen and oxygen atoms in total. The Morgan fingerprint density at radius 2 is 2.16 bits per heavy atom. The van der Waals surface area contributed by atoms with Crippen molar-refractivity contribution in [3.05, 3.63) is 18.2 Å². The quantitative estimate of drug-likeness (QED) is 0.836. The number of hydrogen-bond acceptors (Lipinski definition) is 6. The van der Waals surface area contributed by atoms with E-state index in [2.05, 4.69) is 15.5 Å². The van der Waals surface area contributed by atoms with Crippen LogP contribution in [0.1, 0.15) is 0 Å². The van der Waals surface area contributed by atoms with Crippen LogP contribution in [-0.2, 0) is 11.3 Å². The minimum absolute atomic E-state index is 0.304. The summed E-state index contributed by atoms with van der Waals surface area (Å²) in [5.41, 5.74) is 0.563. The van der Waals surface area contributed by atoms with Gasteiger partial charge in [-0.3, -0.25) is 4.79 Å². The van der Waals surface area contributed by atoms with Crippen LogP contribution in [0.2, 0.25) is 0 Å². The van der Waals surface area contributed by atoms with Crippen LogP contribution >= 0.6 is 0 Å². The molecule has 100 valence electrons. The smallest absolute Gasteiger partial charge is 0.325 e. The molecule has 19 heavy (non-hydrogen) atoms. The Balaban J connectivity index is 2.51. The normalized spacial score (nSPS) is 10.2. The van der Waals surface area contributed by atoms with Gasteiger partial charge in [-0.1, -0.05) is 0 Å². The Bertz CT molecular complexity index is 596. The van der Waals surface area contributed by atoms with Gasteiger partial charge in [-0.2, -0.15) is 0 Å². The van der Waals surface area contributed by atoms with Gasteiger partial charge in [0, 0.05) is 0 Å². The molecule has 1 aromatic carbocycles. The first-order valence-corrected chi connectivity index (χ1v) is 5.36. The highest BCUT2D eigenvalue weighted by atomic mass is 16.5. The van der Waals surface area contributed by atoms with Gasteiger partial charge in [-0.05, 0) is 28.6 Å². The lowest BCUT2D eigenvalue weighted by Gasteiger charge is -2.09. The minimum Gasteiger partial charge on any atom is -0.497 e. The molecule has 0 bridgehead atoms. The van der Waals surface area contributed by atoms with Gasteiger partial charge in [0.25, 0.3) is 0 Å². The summed E-state index contributed by atoms with van der Waals surface area (Å²) in [5, 5.41) is 19.8. The SMILES string of the molecule is COc1ccc(OC)c(-c2nnnn2CC(=O)O)c1. The van der Waals surface area contributed by atoms with Gasteiger partial charge in [0.05, 0.1) is 19.8 Å². The number of nitrogens with zero attached hydrogens (tertiary/aromatic N) is 4. The number of aromatic nitrogens is 4. The number of ether oxygens (including phenoxy) is 2. The average Bonchev–Trinajstić information content (AvgIpc) is 2.85. The first-order valence-electron chi connectivity index (χ1n) is 5.36. The van der Waals surface area contributed by atoms with Crippen LogP contribution in [-0.4, -0.2) is 45.5 Å². The third-order valence-electron chi connectivity index (χ3n) is 2.46. The molecule has 0 unspecified atom stereocenters. The van der Waals surface area contributed by atoms with Crippen molar-refractivity contribution in [2.24, 2.45) is 0 Å². The van der Waals surface area contributed by atoms with Crippen molar-refractivity contribution in [1.29, 1.82) is 0 Å². The fourth-order valence-corrected chi connectivity index (χ4v) is 1.62. The van der Waals surface area contributed by atoms with Crippen molar-refractivity contribution in [2.45, 2.75) is 6.54 Å². The van der Waals surface area contributed by atoms with Gasteiger partial charge in [0.2, 0.25) is 0 Å². The summed E-state index contributed by atoms with van der Waals surface area (Å²) in [6, 6.07) is 5.12. The second-order valence-electron chi connectivity index (χ2n) is 3.62. The predicted octanol–water partition coefficient (Wildman–Crippen LogP) is 0.442. The Hall–Kier alpha value is -2.64. The molecule has 1 aromatic heterocycles. The van der Waals surface area contributed by atoms with Crippen LogP contribution in [0, 0.1) is 0 Å². The number of carboxylic acids is 1. The van der Waals surface area contributed by atoms with E-state index in [1.807, 2.05) is 0 Å². The van der Waals surface area contributed by atoms with E-state index in [0.717, 1.165) is 0 Å². The van der Waals surface area contributed by atoms with E-state index in [4.69, 9.17) is 14.6 Å². The summed E-state index contributed by atoms with van der Waals surface area (Å²) >= 11 is 0. The molecule has 0 atom stereocenters. The Kier molecular flexibility index (Phi) is 3.60. The maximum absolute atomic E-state index is 10.8. The maximum Gasteiger partial charge on any atom is 0.325 e. The van der Waals surface area contributed by atoms with Crippen LogP contribution in [0.25, 0.3) is 11.4 Å². The number of carboxylic acid groups (broad SMARTS) is 1. The molecule has 2 rings (SSSR count). The van der Waals surface area contributed by atoms with Crippen LogP contribution < -0.4 is 9.47 Å². The van der Waals surface area contributed by atoms with Gasteiger partial charge in [0.1, 0.15) is 18.0 Å². The largest absolute Gasteiger partial charge is 0.497 e. The van der Waals surface area contributed by atoms with E-state index >= 15 is 0 Å². The molecule has 0 saturated heterocycles. The molecular weight excluding hydrogens is 252 g/mol. The van der Waals surface area contributed by atoms with E-state index in [1.54, 1.807) is 18.2 Å². The molecule has 2 aromatic rings. The molecule has 8 heteroatoms. The third kappa shape index (κ3) is 2.62. The molecule has 1 heterocycles. The molecule has 1 N–H and O–H groups in total. The van der Waals surface area contributed by atoms with Gasteiger partial charge in [0.15, 0.2) is 5.82 Å². The van der Waals surface area contributed by atoms with Crippen molar-refractivity contribution < 1.29 is 19.4 Å². The molecule has 0 fully saturated rings. The van der Waals surface area contributed by atoms with Gasteiger partial charge in [-0.15, -0.1) is 5.10 Å².